The molecule has 0 saturated carbocycles. The molecule has 6 heteroatoms. The molecule has 0 spiro atoms. The predicted octanol–water partition coefficient (Wildman–Crippen LogP) is 2.96. The molecule has 1 unspecified atom stereocenters. The van der Waals surface area contributed by atoms with E-state index < -0.39 is 0 Å². The summed E-state index contributed by atoms with van der Waals surface area (Å²) in [5, 5.41) is 4.76. The minimum Gasteiger partial charge on any atom is -0.356 e. The minimum absolute atomic E-state index is 0.498. The fourth-order valence-electron chi connectivity index (χ4n) is 2.13. The van der Waals surface area contributed by atoms with Crippen molar-refractivity contribution < 1.29 is 0 Å². The molecule has 0 saturated heterocycles. The van der Waals surface area contributed by atoms with Crippen LogP contribution < -0.4 is 4.90 Å². The maximum atomic E-state index is 6.20. The van der Waals surface area contributed by atoms with E-state index in [2.05, 4.69) is 40.7 Å². The van der Waals surface area contributed by atoms with Gasteiger partial charge < -0.3 is 4.90 Å². The molecule has 0 fully saturated rings. The maximum Gasteiger partial charge on any atom is 0.255 e. The summed E-state index contributed by atoms with van der Waals surface area (Å²) < 4.78 is 1.77. The normalized spacial score (nSPS) is 12.9. The second-order valence-electron chi connectivity index (χ2n) is 4.88. The molecule has 19 heavy (non-hydrogen) atoms. The van der Waals surface area contributed by atoms with Crippen molar-refractivity contribution >= 4 is 23.2 Å². The first-order valence-electron chi connectivity index (χ1n) is 6.69. The Hall–Kier alpha value is -1.36. The Morgan fingerprint density at radius 3 is 2.79 bits per heavy atom. The molecule has 0 aromatic carbocycles. The molecule has 0 radical (unpaired) electrons. The fourth-order valence-corrected chi connectivity index (χ4v) is 2.29. The van der Waals surface area contributed by atoms with Gasteiger partial charge in [-0.2, -0.15) is 19.6 Å². The molecule has 0 N–H and O–H groups in total. The van der Waals surface area contributed by atoms with Crippen LogP contribution in [0.5, 0.6) is 0 Å². The molecule has 2 rings (SSSR count). The highest BCUT2D eigenvalue weighted by Gasteiger charge is 2.18. The van der Waals surface area contributed by atoms with Crippen LogP contribution >= 0.6 is 11.6 Å². The number of fused-ring (bicyclic) bond motifs is 1. The van der Waals surface area contributed by atoms with Gasteiger partial charge >= 0.3 is 0 Å². The Morgan fingerprint density at radius 1 is 1.42 bits per heavy atom. The smallest absolute Gasteiger partial charge is 0.255 e. The number of hydrogen-bond acceptors (Lipinski definition) is 4. The van der Waals surface area contributed by atoms with E-state index in [0.29, 0.717) is 16.8 Å². The molecule has 2 aromatic heterocycles. The lowest BCUT2D eigenvalue weighted by Gasteiger charge is -2.27. The molecular formula is C13H20ClN5. The highest BCUT2D eigenvalue weighted by molar-refractivity contribution is 6.30. The van der Waals surface area contributed by atoms with Gasteiger partial charge in [0.1, 0.15) is 17.3 Å². The summed E-state index contributed by atoms with van der Waals surface area (Å²) in [6, 6.07) is 0. The Kier molecular flexibility index (Phi) is 4.24. The molecule has 2 aromatic rings. The minimum atomic E-state index is 0.498. The van der Waals surface area contributed by atoms with Crippen LogP contribution in [0.1, 0.15) is 32.8 Å². The number of rotatable bonds is 5. The Bertz CT molecular complexity index is 565. The largest absolute Gasteiger partial charge is 0.356 e. The number of halogens is 1. The monoisotopic (exact) mass is 281 g/mol. The van der Waals surface area contributed by atoms with Gasteiger partial charge in [0.15, 0.2) is 0 Å². The second kappa shape index (κ2) is 5.74. The Labute approximate surface area is 118 Å². The zero-order chi connectivity index (χ0) is 14.0. The van der Waals surface area contributed by atoms with Gasteiger partial charge in [0, 0.05) is 18.7 Å². The van der Waals surface area contributed by atoms with E-state index in [4.69, 9.17) is 11.6 Å². The van der Waals surface area contributed by atoms with Gasteiger partial charge in [-0.3, -0.25) is 0 Å². The lowest BCUT2D eigenvalue weighted by atomic mass is 10.1. The topological polar surface area (TPSA) is 46.3 Å². The molecule has 1 atom stereocenters. The van der Waals surface area contributed by atoms with E-state index in [-0.39, 0.29) is 0 Å². The van der Waals surface area contributed by atoms with Gasteiger partial charge in [0.05, 0.1) is 0 Å². The summed E-state index contributed by atoms with van der Waals surface area (Å²) in [5.74, 6) is 2.16. The summed E-state index contributed by atoms with van der Waals surface area (Å²) in [7, 11) is 0. The Morgan fingerprint density at radius 2 is 2.16 bits per heavy atom. The first-order chi connectivity index (χ1) is 9.08. The molecular weight excluding hydrogens is 262 g/mol. The van der Waals surface area contributed by atoms with Crippen LogP contribution in [0, 0.1) is 12.8 Å². The number of aromatic nitrogens is 4. The van der Waals surface area contributed by atoms with E-state index in [9.17, 15) is 0 Å². The molecule has 0 aliphatic carbocycles. The number of nitrogens with zero attached hydrogens (tertiary/aromatic N) is 5. The first-order valence-corrected chi connectivity index (χ1v) is 7.07. The van der Waals surface area contributed by atoms with Crippen molar-refractivity contribution in [3.63, 3.8) is 0 Å². The maximum absolute atomic E-state index is 6.20. The van der Waals surface area contributed by atoms with Crippen LogP contribution in [-0.4, -0.2) is 32.7 Å². The van der Waals surface area contributed by atoms with Crippen LogP contribution in [0.15, 0.2) is 6.33 Å². The first kappa shape index (κ1) is 14.1. The molecule has 0 aliphatic rings. The van der Waals surface area contributed by atoms with Crippen LogP contribution in [-0.2, 0) is 0 Å². The van der Waals surface area contributed by atoms with Crippen LogP contribution in [0.4, 0.5) is 5.82 Å². The second-order valence-corrected chi connectivity index (χ2v) is 5.23. The van der Waals surface area contributed by atoms with E-state index in [1.807, 2.05) is 6.92 Å². The van der Waals surface area contributed by atoms with Crippen LogP contribution in [0.2, 0.25) is 5.15 Å². The number of anilines is 1. The molecule has 2 heterocycles. The SMILES string of the molecule is CCC(C)CN(CC)c1c(C)c(Cl)nc2ncnn12. The molecule has 0 bridgehead atoms. The zero-order valence-electron chi connectivity index (χ0n) is 11.9. The Balaban J connectivity index is 2.51. The summed E-state index contributed by atoms with van der Waals surface area (Å²) in [6.07, 6.45) is 2.66. The standard InChI is InChI=1S/C13H20ClN5/c1-5-9(3)7-18(6-2)12-10(4)11(14)17-13-15-8-16-19(12)13/h8-9H,5-7H2,1-4H3. The fraction of sp³-hybridized carbons (Fsp3) is 0.615. The average molecular weight is 282 g/mol. The predicted molar refractivity (Wildman–Crippen MR) is 77.9 cm³/mol. The summed E-state index contributed by atoms with van der Waals surface area (Å²) in [5.41, 5.74) is 0.949. The van der Waals surface area contributed by atoms with E-state index in [1.165, 1.54) is 6.33 Å². The molecule has 104 valence electrons. The van der Waals surface area contributed by atoms with Crippen molar-refractivity contribution in [3.05, 3.63) is 17.0 Å². The summed E-state index contributed by atoms with van der Waals surface area (Å²) in [6.45, 7) is 10.4. The van der Waals surface area contributed by atoms with Crippen molar-refractivity contribution in [2.45, 2.75) is 34.1 Å². The van der Waals surface area contributed by atoms with Crippen LogP contribution in [0.3, 0.4) is 0 Å². The van der Waals surface area contributed by atoms with Crippen molar-refractivity contribution in [1.82, 2.24) is 19.6 Å². The molecule has 0 aliphatic heterocycles. The van der Waals surface area contributed by atoms with E-state index in [0.717, 1.165) is 30.9 Å². The lowest BCUT2D eigenvalue weighted by molar-refractivity contribution is 0.542. The van der Waals surface area contributed by atoms with Crippen molar-refractivity contribution in [2.24, 2.45) is 5.92 Å². The average Bonchev–Trinajstić information content (AvgIpc) is 2.85. The van der Waals surface area contributed by atoms with Gasteiger partial charge in [-0.05, 0) is 19.8 Å². The summed E-state index contributed by atoms with van der Waals surface area (Å²) in [4.78, 5) is 10.7. The van der Waals surface area contributed by atoms with Crippen molar-refractivity contribution in [1.29, 1.82) is 0 Å². The number of hydrogen-bond donors (Lipinski definition) is 0. The lowest BCUT2D eigenvalue weighted by Crippen LogP contribution is -2.31. The van der Waals surface area contributed by atoms with Crippen molar-refractivity contribution in [3.8, 4) is 0 Å². The highest BCUT2D eigenvalue weighted by Crippen LogP contribution is 2.26. The van der Waals surface area contributed by atoms with Gasteiger partial charge in [-0.25, -0.2) is 0 Å². The molecule has 5 nitrogen and oxygen atoms in total. The van der Waals surface area contributed by atoms with Gasteiger partial charge in [-0.1, -0.05) is 31.9 Å². The van der Waals surface area contributed by atoms with Gasteiger partial charge in [0.25, 0.3) is 5.78 Å². The summed E-state index contributed by atoms with van der Waals surface area (Å²) >= 11 is 6.20. The third-order valence-corrected chi connectivity index (χ3v) is 3.85. The van der Waals surface area contributed by atoms with Crippen molar-refractivity contribution in [2.75, 3.05) is 18.0 Å². The van der Waals surface area contributed by atoms with Gasteiger partial charge in [0.2, 0.25) is 0 Å². The highest BCUT2D eigenvalue weighted by atomic mass is 35.5. The molecule has 0 amide bonds. The van der Waals surface area contributed by atoms with Gasteiger partial charge in [-0.15, -0.1) is 0 Å². The third kappa shape index (κ3) is 2.66. The zero-order valence-corrected chi connectivity index (χ0v) is 12.6. The van der Waals surface area contributed by atoms with E-state index in [1.54, 1.807) is 4.52 Å². The quantitative estimate of drug-likeness (QED) is 0.791. The van der Waals surface area contributed by atoms with Crippen LogP contribution in [0.25, 0.3) is 5.78 Å². The third-order valence-electron chi connectivity index (χ3n) is 3.48. The van der Waals surface area contributed by atoms with E-state index >= 15 is 0 Å².